The van der Waals surface area contributed by atoms with Gasteiger partial charge in [-0.05, 0) is 325 Å². The van der Waals surface area contributed by atoms with Crippen molar-refractivity contribution in [2.45, 2.75) is 203 Å². The molecule has 0 unspecified atom stereocenters. The predicted molar refractivity (Wildman–Crippen MR) is 536 cm³/mol. The second-order valence-electron chi connectivity index (χ2n) is 37.5. The number of nitrogens with zero attached hydrogens (tertiary/aromatic N) is 6. The van der Waals surface area contributed by atoms with Gasteiger partial charge in [0.15, 0.2) is 0 Å². The molecule has 143 heavy (non-hydrogen) atoms. The Kier molecular flexibility index (Phi) is 42.4. The zero-order valence-electron chi connectivity index (χ0n) is 83.1. The summed E-state index contributed by atoms with van der Waals surface area (Å²) in [7, 11) is 3.15. The predicted octanol–water partition coefficient (Wildman–Crippen LogP) is 21.9. The minimum atomic E-state index is -1.61. The molecule has 26 nitrogen and oxygen atoms in total. The fraction of sp³-hybridized carbons (Fsp3) is 0.317. The van der Waals surface area contributed by atoms with Crippen LogP contribution in [0.3, 0.4) is 0 Å². The van der Waals surface area contributed by atoms with Crippen molar-refractivity contribution >= 4 is 123 Å². The van der Waals surface area contributed by atoms with Gasteiger partial charge in [-0.3, -0.25) is 0 Å². The average Bonchev–Trinajstić information content (AvgIpc) is 0.809. The second kappa shape index (κ2) is 50.4. The van der Waals surface area contributed by atoms with Crippen LogP contribution in [0, 0.1) is 38.9 Å². The summed E-state index contributed by atoms with van der Waals surface area (Å²) < 4.78 is 117. The van der Waals surface area contributed by atoms with Gasteiger partial charge < -0.3 is 77.6 Å². The van der Waals surface area contributed by atoms with Gasteiger partial charge in [0.05, 0.1) is 75.1 Å². The third kappa shape index (κ3) is 37.0. The number of hydrogen-bond donors (Lipinski definition) is 0. The summed E-state index contributed by atoms with van der Waals surface area (Å²) in [5.41, 5.74) is -3.22. The van der Waals surface area contributed by atoms with Crippen LogP contribution in [0.5, 0.6) is 40.9 Å². The zero-order chi connectivity index (χ0) is 107. The second-order valence-corrected chi connectivity index (χ2v) is 40.7. The Balaban J connectivity index is 0.000000269. The molecule has 12 aromatic rings. The van der Waals surface area contributed by atoms with Crippen molar-refractivity contribution in [2.75, 3.05) is 14.2 Å². The Bertz CT molecular complexity index is 6520. The largest absolute Gasteiger partial charge is 1.00 e. The minimum Gasteiger partial charge on any atom is -0.617 e. The number of aromatic nitrogens is 6. The molecular weight excluding hydrogens is 2040 g/mol. The Morgan fingerprint density at radius 1 is 0.294 bits per heavy atom. The quantitative estimate of drug-likeness (QED) is 0.0109. The standard InChI is InChI=1S/C26H27ClFNO4.C22H19ClFNO4.C19H20Cl2FNO3.C19H21ClFNO4.C13H18ClNO4.C5H3Cl2NO.Na/c1-25(2,3)33-24(30)26(4,5)32-23-15-18(16-8-7-9-19(12-16)31-6)14-22(29-23)17-10-11-20(27)21(28)13-17;1-22(2,21(26)27)29-20-12-15(13-5-4-6-16(9-13)28-3)11-19(25-20)14-7-8-17(23)18(24)10-14;1-18(2,3)26-17(24)19(4,5)25-16-10-12(20)9-15(23-16)11-6-7-13(21)14(22)8-11;1-18(2,3)26-17(23)19(4,5)25-16-8-6-7-15(22(16)24)12-9-10-13(20)14(21)11-12;1-12(2,3)19-11(16)13(4,5)18-10-8-6-7-9(14)15(10)17;6-4-2-1-3-5(7)8(4)9;/h7-15H,1-6H3;4-12H,1-3H3,(H,26,27);6-10H,1-5H3;6-11H,1-5H3;6-8H,1-5H3;1-3H;/q;;;;;;+1/p-1. The number of benzene rings is 6. The van der Waals surface area contributed by atoms with Crippen molar-refractivity contribution in [1.82, 2.24) is 15.0 Å². The van der Waals surface area contributed by atoms with Crippen molar-refractivity contribution < 1.29 is 142 Å². The van der Waals surface area contributed by atoms with E-state index in [1.165, 1.54) is 133 Å². The molecule has 0 bridgehead atoms. The summed E-state index contributed by atoms with van der Waals surface area (Å²) in [6.45, 7) is 36.4. The van der Waals surface area contributed by atoms with E-state index in [0.717, 1.165) is 22.8 Å². The van der Waals surface area contributed by atoms with E-state index in [1.807, 2.05) is 48.5 Å². The number of carbonyl (C=O) groups excluding carboxylic acids is 5. The monoisotopic (exact) mass is 2140 g/mol. The van der Waals surface area contributed by atoms with Crippen molar-refractivity contribution in [1.29, 1.82) is 0 Å². The van der Waals surface area contributed by atoms with E-state index in [2.05, 4.69) is 15.0 Å². The molecule has 0 aliphatic carbocycles. The first-order valence-corrected chi connectivity index (χ1v) is 46.2. The van der Waals surface area contributed by atoms with Crippen LogP contribution < -0.4 is 82.0 Å². The van der Waals surface area contributed by atoms with Gasteiger partial charge in [0.25, 0.3) is 15.5 Å². The summed E-state index contributed by atoms with van der Waals surface area (Å²) in [5, 5.41) is 46.7. The van der Waals surface area contributed by atoms with Crippen LogP contribution in [0.4, 0.5) is 17.6 Å². The minimum absolute atomic E-state index is 0. The number of halogens is 12. The molecule has 6 heterocycles. The number of carboxylic acids is 1. The molecule has 0 amide bonds. The average molecular weight is 2140 g/mol. The fourth-order valence-electron chi connectivity index (χ4n) is 11.5. The van der Waals surface area contributed by atoms with Crippen LogP contribution in [-0.2, 0) is 42.9 Å². The van der Waals surface area contributed by atoms with Gasteiger partial charge in [-0.1, -0.05) is 100 Å². The molecule has 0 radical (unpaired) electrons. The van der Waals surface area contributed by atoms with Crippen LogP contribution in [0.25, 0.3) is 67.3 Å². The fourth-order valence-corrected chi connectivity index (χ4v) is 12.7. The molecule has 6 aromatic heterocycles. The van der Waals surface area contributed by atoms with Gasteiger partial charge in [0, 0.05) is 64.2 Å². The number of carbonyl (C=O) groups is 5. The Labute approximate surface area is 890 Å². The summed E-state index contributed by atoms with van der Waals surface area (Å²) in [6, 6.07) is 55.3. The molecule has 0 aliphatic rings. The van der Waals surface area contributed by atoms with E-state index in [1.54, 1.807) is 192 Å². The number of esters is 4. The van der Waals surface area contributed by atoms with Crippen LogP contribution in [0.2, 0.25) is 40.6 Å². The summed E-state index contributed by atoms with van der Waals surface area (Å²) in [4.78, 5) is 73.9. The molecule has 0 N–H and O–H groups in total. The maximum atomic E-state index is 14.2. The number of methoxy groups -OCH3 is 2. The van der Waals surface area contributed by atoms with Crippen molar-refractivity contribution in [3.05, 3.63) is 292 Å². The molecule has 6 aromatic carbocycles. The Hall–Kier alpha value is -11.4. The maximum Gasteiger partial charge on any atom is 1.00 e. The Morgan fingerprint density at radius 2 is 0.573 bits per heavy atom. The molecule has 39 heteroatoms. The van der Waals surface area contributed by atoms with Gasteiger partial charge >= 0.3 is 65.2 Å². The van der Waals surface area contributed by atoms with Crippen molar-refractivity contribution in [3.8, 4) is 108 Å². The molecule has 12 rings (SSSR count). The molecular formula is C104H107Cl8F4N6NaO20. The summed E-state index contributed by atoms with van der Waals surface area (Å²) >= 11 is 45.6. The first-order chi connectivity index (χ1) is 65.6. The molecule has 0 atom stereocenters. The van der Waals surface area contributed by atoms with Gasteiger partial charge in [0.2, 0.25) is 45.7 Å². The van der Waals surface area contributed by atoms with E-state index >= 15 is 0 Å². The van der Waals surface area contributed by atoms with E-state index in [0.29, 0.717) is 75.6 Å². The molecule has 758 valence electrons. The molecule has 0 fully saturated rings. The van der Waals surface area contributed by atoms with Crippen LogP contribution >= 0.6 is 92.8 Å². The van der Waals surface area contributed by atoms with E-state index in [4.69, 9.17) is 145 Å². The number of rotatable bonds is 23. The van der Waals surface area contributed by atoms with Crippen LogP contribution in [0.15, 0.2) is 212 Å². The molecule has 0 saturated carbocycles. The number of ether oxygens (including phenoxy) is 11. The maximum absolute atomic E-state index is 14.2. The number of carboxylic acid groups (broad SMARTS) is 1. The van der Waals surface area contributed by atoms with Crippen molar-refractivity contribution in [2.24, 2.45) is 0 Å². The zero-order valence-corrected chi connectivity index (χ0v) is 91.1. The van der Waals surface area contributed by atoms with Gasteiger partial charge in [-0.15, -0.1) is 14.2 Å². The van der Waals surface area contributed by atoms with Crippen LogP contribution in [-0.4, -0.2) is 109 Å². The van der Waals surface area contributed by atoms with Gasteiger partial charge in [0.1, 0.15) is 62.8 Å². The molecule has 0 spiro atoms. The smallest absolute Gasteiger partial charge is 0.617 e. The van der Waals surface area contributed by atoms with Crippen LogP contribution in [0.1, 0.15) is 152 Å². The van der Waals surface area contributed by atoms with Crippen molar-refractivity contribution in [3.63, 3.8) is 0 Å². The van der Waals surface area contributed by atoms with E-state index in [-0.39, 0.29) is 100 Å². The first kappa shape index (κ1) is 120. The van der Waals surface area contributed by atoms with E-state index < -0.39 is 104 Å². The number of pyridine rings is 6. The first-order valence-electron chi connectivity index (χ1n) is 43.2. The normalized spacial score (nSPS) is 11.6. The third-order valence-electron chi connectivity index (χ3n) is 18.5. The third-order valence-corrected chi connectivity index (χ3v) is 20.8. The van der Waals surface area contributed by atoms with E-state index in [9.17, 15) is 62.3 Å². The topological polar surface area (TPSA) is 329 Å². The molecule has 0 aliphatic heterocycles. The van der Waals surface area contributed by atoms with Gasteiger partial charge in [-0.2, -0.15) is 0 Å². The Morgan fingerprint density at radius 3 is 0.895 bits per heavy atom. The van der Waals surface area contributed by atoms with Gasteiger partial charge in [-0.25, -0.2) is 51.7 Å². The summed E-state index contributed by atoms with van der Waals surface area (Å²) in [6.07, 6.45) is 0. The summed E-state index contributed by atoms with van der Waals surface area (Å²) in [5.74, 6) is -4.40. The number of hydrogen-bond acceptors (Lipinski definition) is 23. The SMILES string of the molecule is CC(C)(C)OC(=O)C(C)(C)Oc1cc(Cl)cc(-c2ccc(Cl)c(F)c2)n1.CC(C)(C)OC(=O)C(C)(C)Oc1cccc(-c2ccc(Cl)c(F)c2)[n+]1[O-].CC(C)(C)OC(=O)C(C)(C)Oc1cccc(Cl)[n+]1[O-].COc1cccc(-c2cc(OC(C)(C)C(=O)OC(C)(C)C)nc(-c3ccc(Cl)c(F)c3)c2)c1.COc1cccc(-c2cc(OC(C)(C)C(=O)[O-])nc(-c3ccc(Cl)c(F)c3)c2)c1.[Na+].[O-][n+]1c(Cl)cccc1Cl. The number of aliphatic carboxylic acids is 1. The molecule has 0 saturated heterocycles.